The molecular formula is C11H24O5Si. The molecule has 102 valence electrons. The smallest absolute Gasteiger partial charge is 0.303 e. The fourth-order valence-corrected chi connectivity index (χ4v) is 0.391. The first-order valence-corrected chi connectivity index (χ1v) is 8.48. The van der Waals surface area contributed by atoms with E-state index in [9.17, 15) is 14.4 Å². The van der Waals surface area contributed by atoms with Crippen molar-refractivity contribution < 1.29 is 24.6 Å². The highest BCUT2D eigenvalue weighted by Crippen LogP contribution is 2.33. The Balaban J connectivity index is 0. The van der Waals surface area contributed by atoms with E-state index in [4.69, 9.17) is 10.2 Å². The second-order valence-corrected chi connectivity index (χ2v) is 10.1. The number of carboxylic acid groups (broad SMARTS) is 2. The summed E-state index contributed by atoms with van der Waals surface area (Å²) in [5.74, 6) is -1.90. The van der Waals surface area contributed by atoms with Crippen molar-refractivity contribution in [1.82, 2.24) is 0 Å². The first-order valence-electron chi connectivity index (χ1n) is 5.54. The number of hydrogen-bond donors (Lipinski definition) is 3. The van der Waals surface area contributed by atoms with Gasteiger partial charge in [0.1, 0.15) is 0 Å². The number of carbonyl (C=O) groups is 2. The summed E-state index contributed by atoms with van der Waals surface area (Å²) < 4.78 is 0. The van der Waals surface area contributed by atoms with Crippen molar-refractivity contribution in [1.29, 1.82) is 0 Å². The average Bonchev–Trinajstić information content (AvgIpc) is 1.99. The Morgan fingerprint density at radius 3 is 1.35 bits per heavy atom. The van der Waals surface area contributed by atoms with Crippen molar-refractivity contribution in [3.8, 4) is 0 Å². The monoisotopic (exact) mass is 264 g/mol. The summed E-state index contributed by atoms with van der Waals surface area (Å²) in [5.41, 5.74) is 0. The molecule has 0 radical (unpaired) electrons. The molecule has 6 heteroatoms. The molecule has 0 aromatic carbocycles. The molecule has 0 aromatic rings. The van der Waals surface area contributed by atoms with Crippen LogP contribution in [0.4, 0.5) is 0 Å². The molecule has 0 bridgehead atoms. The van der Waals surface area contributed by atoms with Gasteiger partial charge >= 0.3 is 11.9 Å². The van der Waals surface area contributed by atoms with Crippen molar-refractivity contribution >= 4 is 20.3 Å². The molecule has 0 fully saturated rings. The second kappa shape index (κ2) is 7.44. The van der Waals surface area contributed by atoms with E-state index in [1.807, 2.05) is 13.1 Å². The quantitative estimate of drug-likeness (QED) is 0.677. The maximum absolute atomic E-state index is 9.79. The fourth-order valence-electron chi connectivity index (χ4n) is 0.391. The van der Waals surface area contributed by atoms with Crippen LogP contribution in [0, 0.1) is 0 Å². The van der Waals surface area contributed by atoms with Crippen LogP contribution in [0.2, 0.25) is 18.1 Å². The van der Waals surface area contributed by atoms with E-state index in [0.29, 0.717) is 0 Å². The third kappa shape index (κ3) is 13.1. The van der Waals surface area contributed by atoms with Crippen LogP contribution in [0.1, 0.15) is 40.0 Å². The molecule has 0 atom stereocenters. The summed E-state index contributed by atoms with van der Waals surface area (Å²) in [5, 5.41) is 16.2. The predicted molar refractivity (Wildman–Crippen MR) is 68.5 cm³/mol. The van der Waals surface area contributed by atoms with E-state index in [-0.39, 0.29) is 24.3 Å². The molecule has 0 unspecified atom stereocenters. The molecule has 0 aliphatic rings. The highest BCUT2D eigenvalue weighted by molar-refractivity contribution is 6.72. The molecule has 5 nitrogen and oxygen atoms in total. The van der Waals surface area contributed by atoms with Crippen molar-refractivity contribution in [3.63, 3.8) is 0 Å². The topological polar surface area (TPSA) is 94.8 Å². The highest BCUT2D eigenvalue weighted by atomic mass is 28.4. The van der Waals surface area contributed by atoms with E-state index >= 15 is 0 Å². The number of rotatable bonds is 4. The Kier molecular flexibility index (Phi) is 8.09. The molecule has 0 heterocycles. The molecule has 0 amide bonds. The minimum atomic E-state index is -1.86. The molecule has 0 aliphatic heterocycles. The third-order valence-electron chi connectivity index (χ3n) is 2.62. The van der Waals surface area contributed by atoms with Gasteiger partial charge in [-0.15, -0.1) is 0 Å². The van der Waals surface area contributed by atoms with E-state index in [0.717, 1.165) is 0 Å². The van der Waals surface area contributed by atoms with E-state index < -0.39 is 20.3 Å². The summed E-state index contributed by atoms with van der Waals surface area (Å²) in [4.78, 5) is 29.1. The molecule has 0 aromatic heterocycles. The van der Waals surface area contributed by atoms with E-state index in [1.54, 1.807) is 0 Å². The summed E-state index contributed by atoms with van der Waals surface area (Å²) in [6, 6.07) is 0. The lowest BCUT2D eigenvalue weighted by Crippen LogP contribution is -2.36. The zero-order chi connectivity index (χ0) is 14.3. The maximum atomic E-state index is 9.79. The average molecular weight is 264 g/mol. The van der Waals surface area contributed by atoms with Crippen LogP contribution in [0.15, 0.2) is 0 Å². The Morgan fingerprint density at radius 2 is 1.24 bits per heavy atom. The minimum absolute atomic E-state index is 0.0632. The summed E-state index contributed by atoms with van der Waals surface area (Å²) in [7, 11) is -1.86. The SMILES string of the molecule is CC(C)(C)[Si](C)(C)O.O=C(O)CCCC(=O)O. The predicted octanol–water partition coefficient (Wildman–Crippen LogP) is 2.31. The standard InChI is InChI=1S/C6H16OSi.C5H8O4/c1-6(2,3)8(4,5)7;6-4(7)2-1-3-5(8)9/h7H,1-5H3;1-3H2,(H,6,7)(H,8,9). The molecule has 0 saturated heterocycles. The summed E-state index contributed by atoms with van der Waals surface area (Å²) in [6.07, 6.45) is 0.0866. The van der Waals surface area contributed by atoms with Crippen LogP contribution in [-0.2, 0) is 9.59 Å². The van der Waals surface area contributed by atoms with Gasteiger partial charge in [-0.25, -0.2) is 0 Å². The van der Waals surface area contributed by atoms with Gasteiger partial charge in [0, 0.05) is 12.8 Å². The molecule has 0 saturated carbocycles. The lowest BCUT2D eigenvalue weighted by atomic mass is 10.2. The van der Waals surface area contributed by atoms with Crippen LogP contribution in [0.3, 0.4) is 0 Å². The van der Waals surface area contributed by atoms with E-state index in [1.165, 1.54) is 0 Å². The summed E-state index contributed by atoms with van der Waals surface area (Å²) in [6.45, 7) is 10.2. The van der Waals surface area contributed by atoms with Crippen LogP contribution in [-0.4, -0.2) is 35.3 Å². The fraction of sp³-hybridized carbons (Fsp3) is 0.818. The highest BCUT2D eigenvalue weighted by Gasteiger charge is 2.32. The van der Waals surface area contributed by atoms with Crippen LogP contribution >= 0.6 is 0 Å². The van der Waals surface area contributed by atoms with Gasteiger partial charge < -0.3 is 15.0 Å². The Morgan fingerprint density at radius 1 is 1.00 bits per heavy atom. The molecule has 0 aliphatic carbocycles. The van der Waals surface area contributed by atoms with Gasteiger partial charge in [-0.3, -0.25) is 9.59 Å². The molecule has 17 heavy (non-hydrogen) atoms. The van der Waals surface area contributed by atoms with Crippen molar-refractivity contribution in [3.05, 3.63) is 0 Å². The van der Waals surface area contributed by atoms with Crippen molar-refractivity contribution in [2.45, 2.75) is 58.2 Å². The van der Waals surface area contributed by atoms with Crippen LogP contribution < -0.4 is 0 Å². The largest absolute Gasteiger partial charge is 0.481 e. The maximum Gasteiger partial charge on any atom is 0.303 e. The van der Waals surface area contributed by atoms with Gasteiger partial charge in [0.25, 0.3) is 0 Å². The zero-order valence-electron chi connectivity index (χ0n) is 11.3. The lowest BCUT2D eigenvalue weighted by molar-refractivity contribution is -0.138. The van der Waals surface area contributed by atoms with Gasteiger partial charge in [-0.1, -0.05) is 20.8 Å². The summed E-state index contributed by atoms with van der Waals surface area (Å²) >= 11 is 0. The lowest BCUT2D eigenvalue weighted by Gasteiger charge is -2.30. The van der Waals surface area contributed by atoms with Crippen LogP contribution in [0.25, 0.3) is 0 Å². The van der Waals surface area contributed by atoms with Gasteiger partial charge in [0.05, 0.1) is 0 Å². The normalized spacial score (nSPS) is 11.4. The van der Waals surface area contributed by atoms with Gasteiger partial charge in [0.15, 0.2) is 8.32 Å². The first-order chi connectivity index (χ1) is 7.38. The van der Waals surface area contributed by atoms with Gasteiger partial charge in [-0.2, -0.15) is 0 Å². The number of carboxylic acids is 2. The van der Waals surface area contributed by atoms with Crippen molar-refractivity contribution in [2.24, 2.45) is 0 Å². The van der Waals surface area contributed by atoms with E-state index in [2.05, 4.69) is 20.8 Å². The van der Waals surface area contributed by atoms with Gasteiger partial charge in [0.2, 0.25) is 0 Å². The molecular weight excluding hydrogens is 240 g/mol. The second-order valence-electron chi connectivity index (χ2n) is 5.45. The van der Waals surface area contributed by atoms with Gasteiger partial charge in [-0.05, 0) is 24.6 Å². The Labute approximate surface area is 104 Å². The molecule has 0 spiro atoms. The van der Waals surface area contributed by atoms with Crippen molar-refractivity contribution in [2.75, 3.05) is 0 Å². The first kappa shape index (κ1) is 18.5. The third-order valence-corrected chi connectivity index (χ3v) is 6.29. The Hall–Kier alpha value is -0.883. The molecule has 3 N–H and O–H groups in total. The minimum Gasteiger partial charge on any atom is -0.481 e. The number of aliphatic carboxylic acids is 2. The zero-order valence-corrected chi connectivity index (χ0v) is 12.3. The Bertz CT molecular complexity index is 224. The molecule has 0 rings (SSSR count). The van der Waals surface area contributed by atoms with Crippen LogP contribution in [0.5, 0.6) is 0 Å². The number of hydrogen-bond acceptors (Lipinski definition) is 3.